The molecule has 17 heavy (non-hydrogen) atoms. The van der Waals surface area contributed by atoms with Crippen LogP contribution in [0.3, 0.4) is 0 Å². The molecule has 0 aliphatic carbocycles. The van der Waals surface area contributed by atoms with E-state index in [1.54, 1.807) is 11.8 Å². The van der Waals surface area contributed by atoms with Crippen LogP contribution >= 0.6 is 11.8 Å². The van der Waals surface area contributed by atoms with E-state index >= 15 is 0 Å². The molecule has 2 N–H and O–H groups in total. The summed E-state index contributed by atoms with van der Waals surface area (Å²) in [6.45, 7) is 0.446. The van der Waals surface area contributed by atoms with Gasteiger partial charge in [0.05, 0.1) is 5.56 Å². The molecule has 0 saturated carbocycles. The quantitative estimate of drug-likeness (QED) is 0.773. The Morgan fingerprint density at radius 1 is 1.41 bits per heavy atom. The first kappa shape index (κ1) is 13.8. The number of anilines is 1. The summed E-state index contributed by atoms with van der Waals surface area (Å²) < 4.78 is 26.8. The van der Waals surface area contributed by atoms with Crippen molar-refractivity contribution in [3.8, 4) is 0 Å². The highest BCUT2D eigenvalue weighted by Crippen LogP contribution is 2.20. The van der Waals surface area contributed by atoms with Gasteiger partial charge in [-0.1, -0.05) is 0 Å². The summed E-state index contributed by atoms with van der Waals surface area (Å²) in [5.74, 6) is -2.22. The molecule has 0 heterocycles. The first-order valence-corrected chi connectivity index (χ1v) is 6.40. The molecule has 1 aromatic carbocycles. The molecule has 0 unspecified atom stereocenters. The summed E-state index contributed by atoms with van der Waals surface area (Å²) in [6.07, 6.45) is 2.73. The van der Waals surface area contributed by atoms with Crippen LogP contribution in [-0.4, -0.2) is 29.6 Å². The first-order valence-electron chi connectivity index (χ1n) is 5.01. The molecular formula is C11H13F2NO2S. The Labute approximate surface area is 102 Å². The lowest BCUT2D eigenvalue weighted by Gasteiger charge is -2.09. The van der Waals surface area contributed by atoms with Gasteiger partial charge >= 0.3 is 5.97 Å². The lowest BCUT2D eigenvalue weighted by molar-refractivity contribution is 0.0696. The summed E-state index contributed by atoms with van der Waals surface area (Å²) in [5.41, 5.74) is -0.661. The third kappa shape index (κ3) is 3.89. The Morgan fingerprint density at radius 2 is 2.00 bits per heavy atom. The number of halogens is 2. The Kier molecular flexibility index (Phi) is 5.21. The number of nitrogens with one attached hydrogen (secondary N) is 1. The summed E-state index contributed by atoms with van der Waals surface area (Å²) in [7, 11) is 0. The van der Waals surface area contributed by atoms with Gasteiger partial charge in [-0.3, -0.25) is 0 Å². The number of hydrogen-bond acceptors (Lipinski definition) is 3. The van der Waals surface area contributed by atoms with Crippen LogP contribution in [0.4, 0.5) is 14.5 Å². The molecule has 0 aliphatic heterocycles. The van der Waals surface area contributed by atoms with Gasteiger partial charge in [-0.2, -0.15) is 11.8 Å². The Hall–Kier alpha value is -1.30. The predicted octanol–water partition coefficient (Wildman–Crippen LogP) is 2.83. The van der Waals surface area contributed by atoms with Gasteiger partial charge in [-0.15, -0.1) is 0 Å². The van der Waals surface area contributed by atoms with Gasteiger partial charge in [0, 0.05) is 6.54 Å². The molecule has 0 saturated heterocycles. The van der Waals surface area contributed by atoms with Crippen LogP contribution in [0.15, 0.2) is 12.1 Å². The Morgan fingerprint density at radius 3 is 2.47 bits per heavy atom. The highest BCUT2D eigenvalue weighted by atomic mass is 32.2. The van der Waals surface area contributed by atoms with E-state index in [0.717, 1.165) is 24.3 Å². The SMILES string of the molecule is CSCCCNc1c(F)cc(C(=O)O)cc1F. The van der Waals surface area contributed by atoms with Crippen molar-refractivity contribution < 1.29 is 18.7 Å². The average Bonchev–Trinajstić information content (AvgIpc) is 2.26. The molecule has 3 nitrogen and oxygen atoms in total. The number of hydrogen-bond donors (Lipinski definition) is 2. The van der Waals surface area contributed by atoms with Crippen LogP contribution in [0, 0.1) is 11.6 Å². The third-order valence-corrected chi connectivity index (χ3v) is 2.81. The maximum absolute atomic E-state index is 13.4. The molecule has 6 heteroatoms. The zero-order chi connectivity index (χ0) is 12.8. The highest BCUT2D eigenvalue weighted by Gasteiger charge is 2.13. The number of carboxylic acids is 1. The minimum absolute atomic E-state index is 0.267. The smallest absolute Gasteiger partial charge is 0.335 e. The predicted molar refractivity (Wildman–Crippen MR) is 64.8 cm³/mol. The van der Waals surface area contributed by atoms with E-state index in [2.05, 4.69) is 5.32 Å². The summed E-state index contributed by atoms with van der Waals surface area (Å²) in [4.78, 5) is 10.6. The summed E-state index contributed by atoms with van der Waals surface area (Å²) >= 11 is 1.65. The first-order chi connectivity index (χ1) is 8.06. The van der Waals surface area contributed by atoms with Crippen LogP contribution < -0.4 is 5.32 Å². The molecule has 0 atom stereocenters. The number of aromatic carboxylic acids is 1. The Balaban J connectivity index is 2.76. The second-order valence-corrected chi connectivity index (χ2v) is 4.38. The zero-order valence-corrected chi connectivity index (χ0v) is 10.1. The number of carbonyl (C=O) groups is 1. The summed E-state index contributed by atoms with van der Waals surface area (Å²) in [5, 5.41) is 11.2. The Bertz CT molecular complexity index is 389. The van der Waals surface area contributed by atoms with Crippen LogP contribution in [0.5, 0.6) is 0 Å². The number of carboxylic acid groups (broad SMARTS) is 1. The molecular weight excluding hydrogens is 248 g/mol. The summed E-state index contributed by atoms with van der Waals surface area (Å²) in [6, 6.07) is 1.62. The lowest BCUT2D eigenvalue weighted by atomic mass is 10.2. The minimum atomic E-state index is -1.35. The van der Waals surface area contributed by atoms with E-state index in [0.29, 0.717) is 6.54 Å². The fraction of sp³-hybridized carbons (Fsp3) is 0.364. The van der Waals surface area contributed by atoms with Crippen molar-refractivity contribution in [2.75, 3.05) is 23.9 Å². The third-order valence-electron chi connectivity index (χ3n) is 2.12. The van der Waals surface area contributed by atoms with Crippen LogP contribution in [0.25, 0.3) is 0 Å². The molecule has 1 aromatic rings. The van der Waals surface area contributed by atoms with Crippen molar-refractivity contribution in [2.45, 2.75) is 6.42 Å². The van der Waals surface area contributed by atoms with E-state index in [-0.39, 0.29) is 5.69 Å². The van der Waals surface area contributed by atoms with E-state index < -0.39 is 23.2 Å². The molecule has 0 fully saturated rings. The van der Waals surface area contributed by atoms with Gasteiger partial charge in [0.25, 0.3) is 0 Å². The monoisotopic (exact) mass is 261 g/mol. The van der Waals surface area contributed by atoms with E-state index in [1.807, 2.05) is 6.26 Å². The molecule has 0 aliphatic rings. The molecule has 0 radical (unpaired) electrons. The zero-order valence-electron chi connectivity index (χ0n) is 9.30. The van der Waals surface area contributed by atoms with Gasteiger partial charge in [-0.05, 0) is 30.6 Å². The van der Waals surface area contributed by atoms with E-state index in [1.165, 1.54) is 0 Å². The number of rotatable bonds is 6. The van der Waals surface area contributed by atoms with Crippen molar-refractivity contribution in [1.82, 2.24) is 0 Å². The van der Waals surface area contributed by atoms with E-state index in [4.69, 9.17) is 5.11 Å². The average molecular weight is 261 g/mol. The normalized spacial score (nSPS) is 10.3. The minimum Gasteiger partial charge on any atom is -0.478 e. The van der Waals surface area contributed by atoms with E-state index in [9.17, 15) is 13.6 Å². The van der Waals surface area contributed by atoms with Gasteiger partial charge in [0.1, 0.15) is 17.3 Å². The highest BCUT2D eigenvalue weighted by molar-refractivity contribution is 7.98. The van der Waals surface area contributed by atoms with Crippen LogP contribution in [-0.2, 0) is 0 Å². The molecule has 1 rings (SSSR count). The van der Waals surface area contributed by atoms with Gasteiger partial charge in [0.2, 0.25) is 0 Å². The number of thioether (sulfide) groups is 1. The van der Waals surface area contributed by atoms with Gasteiger partial charge in [0.15, 0.2) is 0 Å². The number of benzene rings is 1. The van der Waals surface area contributed by atoms with Crippen molar-refractivity contribution in [3.05, 3.63) is 29.3 Å². The second-order valence-electron chi connectivity index (χ2n) is 3.39. The molecule has 0 amide bonds. The molecule has 94 valence electrons. The fourth-order valence-corrected chi connectivity index (χ4v) is 1.73. The van der Waals surface area contributed by atoms with Crippen molar-refractivity contribution in [1.29, 1.82) is 0 Å². The molecule has 0 spiro atoms. The maximum Gasteiger partial charge on any atom is 0.335 e. The second kappa shape index (κ2) is 6.44. The van der Waals surface area contributed by atoms with Crippen LogP contribution in [0.2, 0.25) is 0 Å². The topological polar surface area (TPSA) is 49.3 Å². The molecule has 0 aromatic heterocycles. The lowest BCUT2D eigenvalue weighted by Crippen LogP contribution is -2.08. The van der Waals surface area contributed by atoms with Crippen molar-refractivity contribution >= 4 is 23.4 Å². The molecule has 0 bridgehead atoms. The maximum atomic E-state index is 13.4. The van der Waals surface area contributed by atoms with Crippen molar-refractivity contribution in [2.24, 2.45) is 0 Å². The van der Waals surface area contributed by atoms with Gasteiger partial charge < -0.3 is 10.4 Å². The van der Waals surface area contributed by atoms with Crippen molar-refractivity contribution in [3.63, 3.8) is 0 Å². The largest absolute Gasteiger partial charge is 0.478 e. The fourth-order valence-electron chi connectivity index (χ4n) is 1.30. The van der Waals surface area contributed by atoms with Crippen LogP contribution in [0.1, 0.15) is 16.8 Å². The standard InChI is InChI=1S/C11H13F2NO2S/c1-17-4-2-3-14-10-8(12)5-7(11(15)16)6-9(10)13/h5-6,14H,2-4H2,1H3,(H,15,16). The van der Waals surface area contributed by atoms with Gasteiger partial charge in [-0.25, -0.2) is 13.6 Å².